The first-order valence-electron chi connectivity index (χ1n) is 8.09. The minimum absolute atomic E-state index is 0.511. The van der Waals surface area contributed by atoms with E-state index in [4.69, 9.17) is 4.42 Å². The monoisotopic (exact) mass is 278 g/mol. The Morgan fingerprint density at radius 2 is 2.15 bits per heavy atom. The van der Waals surface area contributed by atoms with Crippen LogP contribution in [0.1, 0.15) is 57.8 Å². The molecule has 0 spiro atoms. The Bertz CT molecular complexity index is 397. The van der Waals surface area contributed by atoms with Crippen LogP contribution in [0.15, 0.2) is 16.7 Å². The Morgan fingerprint density at radius 3 is 2.95 bits per heavy atom. The van der Waals surface area contributed by atoms with Gasteiger partial charge in [-0.15, -0.1) is 0 Å². The fraction of sp³-hybridized carbons (Fsp3) is 0.765. The van der Waals surface area contributed by atoms with E-state index in [1.54, 1.807) is 0 Å². The highest BCUT2D eigenvalue weighted by Gasteiger charge is 2.23. The van der Waals surface area contributed by atoms with Gasteiger partial charge >= 0.3 is 0 Å². The number of nitrogens with one attached hydrogen (secondary N) is 1. The summed E-state index contributed by atoms with van der Waals surface area (Å²) >= 11 is 0. The Labute approximate surface area is 123 Å². The fourth-order valence-corrected chi connectivity index (χ4v) is 2.92. The molecule has 0 unspecified atom stereocenters. The van der Waals surface area contributed by atoms with Crippen molar-refractivity contribution in [1.82, 2.24) is 10.2 Å². The predicted octanol–water partition coefficient (Wildman–Crippen LogP) is 3.79. The molecule has 0 radical (unpaired) electrons. The largest absolute Gasteiger partial charge is 0.468 e. The van der Waals surface area contributed by atoms with Gasteiger partial charge in [-0.3, -0.25) is 4.90 Å². The van der Waals surface area contributed by atoms with Crippen molar-refractivity contribution >= 4 is 0 Å². The molecular weight excluding hydrogens is 248 g/mol. The molecule has 2 rings (SSSR count). The number of hydrogen-bond acceptors (Lipinski definition) is 3. The van der Waals surface area contributed by atoms with Crippen LogP contribution in [0.4, 0.5) is 0 Å². The van der Waals surface area contributed by atoms with Crippen molar-refractivity contribution in [3.8, 4) is 0 Å². The van der Waals surface area contributed by atoms with Crippen molar-refractivity contribution in [2.24, 2.45) is 5.41 Å². The lowest BCUT2D eigenvalue weighted by Gasteiger charge is -2.23. The molecule has 1 aliphatic rings. The summed E-state index contributed by atoms with van der Waals surface area (Å²) in [6.45, 7) is 12.4. The van der Waals surface area contributed by atoms with Gasteiger partial charge in [-0.05, 0) is 56.8 Å². The molecule has 0 aliphatic carbocycles. The van der Waals surface area contributed by atoms with E-state index in [1.807, 2.05) is 6.26 Å². The molecule has 1 aromatic heterocycles. The number of likely N-dealkylation sites (tertiary alicyclic amines) is 1. The second kappa shape index (κ2) is 7.28. The standard InChI is InChI=1S/C17H30N2O/c1-4-9-18-13-16-15(6-12-20-16)14-19-10-5-7-17(2,3)8-11-19/h6,12,18H,4-5,7-11,13-14H2,1-3H3. The van der Waals surface area contributed by atoms with E-state index in [0.29, 0.717) is 5.41 Å². The Kier molecular flexibility index (Phi) is 5.67. The summed E-state index contributed by atoms with van der Waals surface area (Å²) in [6.07, 6.45) is 6.96. The average molecular weight is 278 g/mol. The maximum absolute atomic E-state index is 5.64. The lowest BCUT2D eigenvalue weighted by Crippen LogP contribution is -2.25. The Balaban J connectivity index is 1.88. The zero-order chi connectivity index (χ0) is 14.4. The van der Waals surface area contributed by atoms with Crippen molar-refractivity contribution < 1.29 is 4.42 Å². The maximum Gasteiger partial charge on any atom is 0.122 e. The van der Waals surface area contributed by atoms with E-state index >= 15 is 0 Å². The molecule has 0 atom stereocenters. The maximum atomic E-state index is 5.64. The fourth-order valence-electron chi connectivity index (χ4n) is 2.92. The van der Waals surface area contributed by atoms with E-state index in [1.165, 1.54) is 37.9 Å². The topological polar surface area (TPSA) is 28.4 Å². The third-order valence-corrected chi connectivity index (χ3v) is 4.38. The summed E-state index contributed by atoms with van der Waals surface area (Å²) < 4.78 is 5.64. The smallest absolute Gasteiger partial charge is 0.122 e. The van der Waals surface area contributed by atoms with Gasteiger partial charge in [-0.1, -0.05) is 20.8 Å². The van der Waals surface area contributed by atoms with Crippen molar-refractivity contribution in [1.29, 1.82) is 0 Å². The molecule has 0 amide bonds. The molecule has 3 nitrogen and oxygen atoms in total. The highest BCUT2D eigenvalue weighted by molar-refractivity contribution is 5.17. The van der Waals surface area contributed by atoms with Gasteiger partial charge in [0, 0.05) is 12.1 Å². The molecular formula is C17H30N2O. The van der Waals surface area contributed by atoms with E-state index in [2.05, 4.69) is 37.1 Å². The van der Waals surface area contributed by atoms with Gasteiger partial charge in [-0.2, -0.15) is 0 Å². The summed E-state index contributed by atoms with van der Waals surface area (Å²) in [4.78, 5) is 2.59. The predicted molar refractivity (Wildman–Crippen MR) is 83.6 cm³/mol. The van der Waals surface area contributed by atoms with Crippen molar-refractivity contribution in [2.45, 2.75) is 59.5 Å². The van der Waals surface area contributed by atoms with Crippen LogP contribution in [0.25, 0.3) is 0 Å². The van der Waals surface area contributed by atoms with Crippen LogP contribution in [0.5, 0.6) is 0 Å². The lowest BCUT2D eigenvalue weighted by molar-refractivity contribution is 0.254. The summed E-state index contributed by atoms with van der Waals surface area (Å²) in [5, 5.41) is 3.43. The quantitative estimate of drug-likeness (QED) is 0.803. The molecule has 1 saturated heterocycles. The van der Waals surface area contributed by atoms with Crippen LogP contribution >= 0.6 is 0 Å². The molecule has 1 aliphatic heterocycles. The minimum Gasteiger partial charge on any atom is -0.468 e. The number of furan rings is 1. The van der Waals surface area contributed by atoms with Crippen LogP contribution in [0.3, 0.4) is 0 Å². The SMILES string of the molecule is CCCNCc1occc1CN1CCCC(C)(C)CC1. The molecule has 0 aromatic carbocycles. The second-order valence-electron chi connectivity index (χ2n) is 6.84. The van der Waals surface area contributed by atoms with E-state index < -0.39 is 0 Å². The van der Waals surface area contributed by atoms with Crippen LogP contribution in [0, 0.1) is 5.41 Å². The van der Waals surface area contributed by atoms with Gasteiger partial charge in [0.05, 0.1) is 12.8 Å². The van der Waals surface area contributed by atoms with Gasteiger partial charge in [0.1, 0.15) is 5.76 Å². The summed E-state index contributed by atoms with van der Waals surface area (Å²) in [5.41, 5.74) is 1.87. The number of rotatable bonds is 6. The normalized spacial score (nSPS) is 19.9. The molecule has 0 saturated carbocycles. The van der Waals surface area contributed by atoms with Gasteiger partial charge in [0.25, 0.3) is 0 Å². The van der Waals surface area contributed by atoms with E-state index in [-0.39, 0.29) is 0 Å². The molecule has 1 aromatic rings. The molecule has 114 valence electrons. The highest BCUT2D eigenvalue weighted by Crippen LogP contribution is 2.30. The van der Waals surface area contributed by atoms with Crippen molar-refractivity contribution in [3.05, 3.63) is 23.7 Å². The number of nitrogens with zero attached hydrogens (tertiary/aromatic N) is 1. The number of hydrogen-bond donors (Lipinski definition) is 1. The molecule has 1 N–H and O–H groups in total. The third kappa shape index (κ3) is 4.64. The lowest BCUT2D eigenvalue weighted by atomic mass is 9.85. The van der Waals surface area contributed by atoms with Crippen molar-refractivity contribution in [2.75, 3.05) is 19.6 Å². The molecule has 1 fully saturated rings. The van der Waals surface area contributed by atoms with Crippen molar-refractivity contribution in [3.63, 3.8) is 0 Å². The van der Waals surface area contributed by atoms with Crippen LogP contribution in [-0.2, 0) is 13.1 Å². The summed E-state index contributed by atoms with van der Waals surface area (Å²) in [6, 6.07) is 2.14. The van der Waals surface area contributed by atoms with Gasteiger partial charge in [0.2, 0.25) is 0 Å². The first-order chi connectivity index (χ1) is 9.61. The third-order valence-electron chi connectivity index (χ3n) is 4.38. The van der Waals surface area contributed by atoms with Gasteiger partial charge in [0.15, 0.2) is 0 Å². The first kappa shape index (κ1) is 15.6. The van der Waals surface area contributed by atoms with Crippen LogP contribution in [-0.4, -0.2) is 24.5 Å². The Morgan fingerprint density at radius 1 is 1.30 bits per heavy atom. The van der Waals surface area contributed by atoms with Gasteiger partial charge < -0.3 is 9.73 Å². The van der Waals surface area contributed by atoms with Gasteiger partial charge in [-0.25, -0.2) is 0 Å². The Hall–Kier alpha value is -0.800. The second-order valence-corrected chi connectivity index (χ2v) is 6.84. The highest BCUT2D eigenvalue weighted by atomic mass is 16.3. The first-order valence-corrected chi connectivity index (χ1v) is 8.09. The summed E-state index contributed by atoms with van der Waals surface area (Å²) in [7, 11) is 0. The van der Waals surface area contributed by atoms with Crippen LogP contribution < -0.4 is 5.32 Å². The van der Waals surface area contributed by atoms with E-state index in [9.17, 15) is 0 Å². The summed E-state index contributed by atoms with van der Waals surface area (Å²) in [5.74, 6) is 1.11. The minimum atomic E-state index is 0.511. The average Bonchev–Trinajstić information content (AvgIpc) is 2.75. The molecule has 2 heterocycles. The van der Waals surface area contributed by atoms with E-state index in [0.717, 1.165) is 31.8 Å². The molecule has 0 bridgehead atoms. The van der Waals surface area contributed by atoms with Crippen LogP contribution in [0.2, 0.25) is 0 Å². The zero-order valence-corrected chi connectivity index (χ0v) is 13.4. The zero-order valence-electron chi connectivity index (χ0n) is 13.4. The molecule has 20 heavy (non-hydrogen) atoms. The molecule has 3 heteroatoms.